The van der Waals surface area contributed by atoms with E-state index >= 15 is 0 Å². The largest absolute Gasteiger partial charge is 0.478 e. The Morgan fingerprint density at radius 2 is 2.04 bits per heavy atom. The van der Waals surface area contributed by atoms with Gasteiger partial charge in [0.15, 0.2) is 4.34 Å². The third-order valence-corrected chi connectivity index (χ3v) is 5.80. The molecular formula is C17H13N5O2S2. The van der Waals surface area contributed by atoms with Crippen molar-refractivity contribution in [2.24, 2.45) is 0 Å². The van der Waals surface area contributed by atoms with Crippen LogP contribution in [0.15, 0.2) is 58.0 Å². The molecule has 7 nitrogen and oxygen atoms in total. The second-order valence-electron chi connectivity index (χ2n) is 5.49. The summed E-state index contributed by atoms with van der Waals surface area (Å²) in [7, 11) is 0. The van der Waals surface area contributed by atoms with Gasteiger partial charge >= 0.3 is 5.97 Å². The molecule has 0 spiro atoms. The Morgan fingerprint density at radius 3 is 2.85 bits per heavy atom. The SMILES string of the molecule is O=C(O)c1ccc2nc(Sc3nnnn3CCc3ccccc3)sc2c1. The van der Waals surface area contributed by atoms with E-state index in [4.69, 9.17) is 5.11 Å². The number of hydrogen-bond donors (Lipinski definition) is 1. The summed E-state index contributed by atoms with van der Waals surface area (Å²) in [5.74, 6) is -0.945. The average molecular weight is 383 g/mol. The van der Waals surface area contributed by atoms with E-state index in [1.807, 2.05) is 18.2 Å². The summed E-state index contributed by atoms with van der Waals surface area (Å²) in [5, 5.41) is 21.7. The second kappa shape index (κ2) is 7.22. The van der Waals surface area contributed by atoms with E-state index in [9.17, 15) is 4.79 Å². The molecule has 26 heavy (non-hydrogen) atoms. The predicted octanol–water partition coefficient (Wildman–Crippen LogP) is 3.37. The molecule has 0 bridgehead atoms. The lowest BCUT2D eigenvalue weighted by atomic mass is 10.2. The van der Waals surface area contributed by atoms with Crippen molar-refractivity contribution in [1.82, 2.24) is 25.2 Å². The Bertz CT molecular complexity index is 1060. The summed E-state index contributed by atoms with van der Waals surface area (Å²) in [6.45, 7) is 0.674. The first kappa shape index (κ1) is 16.7. The number of carboxylic acid groups (broad SMARTS) is 1. The molecule has 0 unspecified atom stereocenters. The Kier molecular flexibility index (Phi) is 4.63. The van der Waals surface area contributed by atoms with Crippen molar-refractivity contribution < 1.29 is 9.90 Å². The van der Waals surface area contributed by atoms with Crippen LogP contribution in [-0.2, 0) is 13.0 Å². The lowest BCUT2D eigenvalue weighted by Crippen LogP contribution is -2.05. The van der Waals surface area contributed by atoms with Gasteiger partial charge in [0, 0.05) is 6.54 Å². The van der Waals surface area contributed by atoms with Crippen molar-refractivity contribution in [2.75, 3.05) is 0 Å². The van der Waals surface area contributed by atoms with E-state index in [1.165, 1.54) is 28.7 Å². The summed E-state index contributed by atoms with van der Waals surface area (Å²) in [5.41, 5.74) is 2.25. The topological polar surface area (TPSA) is 93.8 Å². The van der Waals surface area contributed by atoms with Gasteiger partial charge in [0.25, 0.3) is 0 Å². The minimum Gasteiger partial charge on any atom is -0.478 e. The molecule has 0 radical (unpaired) electrons. The van der Waals surface area contributed by atoms with Crippen LogP contribution in [0.1, 0.15) is 15.9 Å². The van der Waals surface area contributed by atoms with E-state index < -0.39 is 5.97 Å². The van der Waals surface area contributed by atoms with Crippen molar-refractivity contribution in [1.29, 1.82) is 0 Å². The van der Waals surface area contributed by atoms with E-state index in [0.717, 1.165) is 21.0 Å². The first-order chi connectivity index (χ1) is 12.7. The average Bonchev–Trinajstić information content (AvgIpc) is 3.26. The first-order valence-corrected chi connectivity index (χ1v) is 9.44. The third-order valence-electron chi connectivity index (χ3n) is 3.75. The molecule has 0 aliphatic rings. The van der Waals surface area contributed by atoms with E-state index in [-0.39, 0.29) is 5.56 Å². The zero-order valence-electron chi connectivity index (χ0n) is 13.4. The molecule has 0 fully saturated rings. The van der Waals surface area contributed by atoms with Crippen molar-refractivity contribution in [3.63, 3.8) is 0 Å². The van der Waals surface area contributed by atoms with Gasteiger partial charge in [-0.05, 0) is 52.4 Å². The number of hydrogen-bond acceptors (Lipinski definition) is 7. The zero-order chi connectivity index (χ0) is 17.9. The number of aromatic carboxylic acids is 1. The number of fused-ring (bicyclic) bond motifs is 1. The van der Waals surface area contributed by atoms with Crippen LogP contribution >= 0.6 is 23.1 Å². The van der Waals surface area contributed by atoms with Gasteiger partial charge in [-0.2, -0.15) is 0 Å². The maximum atomic E-state index is 11.1. The van der Waals surface area contributed by atoms with Gasteiger partial charge in [-0.3, -0.25) is 0 Å². The molecule has 130 valence electrons. The number of aryl methyl sites for hydroxylation is 2. The number of carbonyl (C=O) groups is 1. The van der Waals surface area contributed by atoms with Gasteiger partial charge < -0.3 is 5.11 Å². The molecule has 4 rings (SSSR count). The number of nitrogens with zero attached hydrogens (tertiary/aromatic N) is 5. The molecule has 9 heteroatoms. The number of thiazole rings is 1. The highest BCUT2D eigenvalue weighted by Crippen LogP contribution is 2.33. The van der Waals surface area contributed by atoms with Crippen LogP contribution in [0.3, 0.4) is 0 Å². The lowest BCUT2D eigenvalue weighted by molar-refractivity contribution is 0.0697. The fraction of sp³-hybridized carbons (Fsp3) is 0.118. The van der Waals surface area contributed by atoms with Crippen molar-refractivity contribution in [2.45, 2.75) is 22.5 Å². The number of rotatable bonds is 6. The summed E-state index contributed by atoms with van der Waals surface area (Å²) < 4.78 is 3.36. The molecular weight excluding hydrogens is 370 g/mol. The highest BCUT2D eigenvalue weighted by atomic mass is 32.2. The highest BCUT2D eigenvalue weighted by Gasteiger charge is 2.13. The molecule has 2 heterocycles. The second-order valence-corrected chi connectivity index (χ2v) is 7.73. The monoisotopic (exact) mass is 383 g/mol. The Balaban J connectivity index is 1.52. The minimum atomic E-state index is -0.945. The summed E-state index contributed by atoms with van der Waals surface area (Å²) in [6, 6.07) is 15.1. The van der Waals surface area contributed by atoms with E-state index in [0.29, 0.717) is 11.7 Å². The van der Waals surface area contributed by atoms with Gasteiger partial charge in [-0.25, -0.2) is 14.5 Å². The van der Waals surface area contributed by atoms with Crippen LogP contribution in [0.25, 0.3) is 10.2 Å². The molecule has 4 aromatic rings. The summed E-state index contributed by atoms with van der Waals surface area (Å²) >= 11 is 2.81. The molecule has 0 saturated heterocycles. The Morgan fingerprint density at radius 1 is 1.19 bits per heavy atom. The molecule has 1 N–H and O–H groups in total. The van der Waals surface area contributed by atoms with Crippen LogP contribution in [0.2, 0.25) is 0 Å². The molecule has 2 aromatic heterocycles. The fourth-order valence-electron chi connectivity index (χ4n) is 2.45. The standard InChI is InChI=1S/C17H13N5O2S2/c23-15(24)12-6-7-13-14(10-12)25-17(18-13)26-16-19-20-21-22(16)9-8-11-4-2-1-3-5-11/h1-7,10H,8-9H2,(H,23,24). The highest BCUT2D eigenvalue weighted by molar-refractivity contribution is 8.01. The minimum absolute atomic E-state index is 0.255. The Labute approximate surface area is 156 Å². The maximum absolute atomic E-state index is 11.1. The van der Waals surface area contributed by atoms with Crippen molar-refractivity contribution in [3.05, 3.63) is 59.7 Å². The smallest absolute Gasteiger partial charge is 0.335 e. The number of benzene rings is 2. The van der Waals surface area contributed by atoms with Crippen molar-refractivity contribution >= 4 is 39.3 Å². The van der Waals surface area contributed by atoms with Crippen LogP contribution < -0.4 is 0 Å². The van der Waals surface area contributed by atoms with Crippen LogP contribution in [0, 0.1) is 0 Å². The van der Waals surface area contributed by atoms with E-state index in [2.05, 4.69) is 32.6 Å². The van der Waals surface area contributed by atoms with E-state index in [1.54, 1.807) is 22.9 Å². The fourth-order valence-corrected chi connectivity index (χ4v) is 4.45. The normalized spacial score (nSPS) is 11.1. The molecule has 0 saturated carbocycles. The lowest BCUT2D eigenvalue weighted by Gasteiger charge is -2.03. The molecule has 0 aliphatic carbocycles. The van der Waals surface area contributed by atoms with Gasteiger partial charge in [-0.1, -0.05) is 30.3 Å². The first-order valence-electron chi connectivity index (χ1n) is 7.81. The van der Waals surface area contributed by atoms with Gasteiger partial charge in [-0.15, -0.1) is 16.4 Å². The van der Waals surface area contributed by atoms with Gasteiger partial charge in [0.05, 0.1) is 15.8 Å². The summed E-state index contributed by atoms with van der Waals surface area (Å²) in [4.78, 5) is 15.6. The molecule has 0 atom stereocenters. The molecule has 2 aromatic carbocycles. The van der Waals surface area contributed by atoms with Crippen LogP contribution in [0.4, 0.5) is 0 Å². The number of tetrazole rings is 1. The van der Waals surface area contributed by atoms with Crippen LogP contribution in [-0.4, -0.2) is 36.3 Å². The molecule has 0 amide bonds. The van der Waals surface area contributed by atoms with Crippen LogP contribution in [0.5, 0.6) is 0 Å². The number of aromatic nitrogens is 5. The predicted molar refractivity (Wildman–Crippen MR) is 98.7 cm³/mol. The summed E-state index contributed by atoms with van der Waals surface area (Å²) in [6.07, 6.45) is 0.835. The number of carboxylic acids is 1. The van der Waals surface area contributed by atoms with Crippen molar-refractivity contribution in [3.8, 4) is 0 Å². The zero-order valence-corrected chi connectivity index (χ0v) is 15.1. The third kappa shape index (κ3) is 3.58. The van der Waals surface area contributed by atoms with Gasteiger partial charge in [0.1, 0.15) is 0 Å². The Hall–Kier alpha value is -2.78. The van der Waals surface area contributed by atoms with Gasteiger partial charge in [0.2, 0.25) is 5.16 Å². The maximum Gasteiger partial charge on any atom is 0.335 e. The quantitative estimate of drug-likeness (QED) is 0.545. The molecule has 0 aliphatic heterocycles.